The van der Waals surface area contributed by atoms with E-state index in [9.17, 15) is 14.3 Å². The summed E-state index contributed by atoms with van der Waals surface area (Å²) in [5.74, 6) is -0.808. The van der Waals surface area contributed by atoms with E-state index in [0.717, 1.165) is 5.69 Å². The van der Waals surface area contributed by atoms with Crippen LogP contribution in [0, 0.1) is 11.7 Å². The van der Waals surface area contributed by atoms with E-state index < -0.39 is 11.2 Å². The van der Waals surface area contributed by atoms with Gasteiger partial charge in [-0.2, -0.15) is 0 Å². The Kier molecular flexibility index (Phi) is 6.04. The summed E-state index contributed by atoms with van der Waals surface area (Å²) >= 11 is 0. The highest BCUT2D eigenvalue weighted by molar-refractivity contribution is 5.87. The molecule has 2 N–H and O–H groups in total. The number of carbonyl (C=O) groups is 1. The number of hydrogen-bond acceptors (Lipinski definition) is 3. The Hall–Kier alpha value is -2.27. The maximum Gasteiger partial charge on any atom is 0.230 e. The number of carbonyl (C=O) groups excluding carboxylic acids is 1. The first kappa shape index (κ1) is 18.1. The van der Waals surface area contributed by atoms with Crippen molar-refractivity contribution in [2.45, 2.75) is 25.7 Å². The van der Waals surface area contributed by atoms with E-state index in [2.05, 4.69) is 10.3 Å². The fourth-order valence-corrected chi connectivity index (χ4v) is 2.56. The second-order valence-corrected chi connectivity index (χ2v) is 6.39. The van der Waals surface area contributed by atoms with Crippen molar-refractivity contribution >= 4 is 5.91 Å². The summed E-state index contributed by atoms with van der Waals surface area (Å²) < 4.78 is 14.0. The van der Waals surface area contributed by atoms with Crippen molar-refractivity contribution in [1.82, 2.24) is 10.3 Å². The zero-order valence-electron chi connectivity index (χ0n) is 14.0. The maximum absolute atomic E-state index is 14.0. The highest BCUT2D eigenvalue weighted by Gasteiger charge is 2.32. The van der Waals surface area contributed by atoms with Crippen molar-refractivity contribution in [3.63, 3.8) is 0 Å². The fraction of sp³-hybridized carbons (Fsp3) is 0.368. The van der Waals surface area contributed by atoms with Crippen LogP contribution in [-0.4, -0.2) is 29.1 Å². The molecule has 4 nitrogen and oxygen atoms in total. The third kappa shape index (κ3) is 4.38. The Balaban J connectivity index is 1.99. The van der Waals surface area contributed by atoms with Crippen molar-refractivity contribution in [2.75, 3.05) is 13.2 Å². The van der Waals surface area contributed by atoms with Gasteiger partial charge in [-0.15, -0.1) is 0 Å². The molecule has 0 bridgehead atoms. The van der Waals surface area contributed by atoms with Gasteiger partial charge in [0.15, 0.2) is 0 Å². The molecule has 1 amide bonds. The summed E-state index contributed by atoms with van der Waals surface area (Å²) in [6.07, 6.45) is 2.27. The number of aliphatic hydroxyl groups is 1. The van der Waals surface area contributed by atoms with Crippen molar-refractivity contribution in [3.8, 4) is 0 Å². The third-order valence-corrected chi connectivity index (χ3v) is 4.15. The third-order valence-electron chi connectivity index (χ3n) is 4.15. The standard InChI is InChI=1S/C19H23FN2O2/c1-19(2,16-8-3-4-9-17(16)20)18(24)22-12-14(13-23)11-15-7-5-6-10-21-15/h3-10,14,23H,11-13H2,1-2H3,(H,22,24). The summed E-state index contributed by atoms with van der Waals surface area (Å²) in [6.45, 7) is 3.63. The van der Waals surface area contributed by atoms with Gasteiger partial charge in [0.05, 0.1) is 5.41 Å². The predicted molar refractivity (Wildman–Crippen MR) is 91.0 cm³/mol. The molecule has 0 saturated carbocycles. The number of halogens is 1. The molecule has 0 saturated heterocycles. The van der Waals surface area contributed by atoms with Crippen LogP contribution >= 0.6 is 0 Å². The molecule has 1 heterocycles. The molecule has 0 radical (unpaired) electrons. The summed E-state index contributed by atoms with van der Waals surface area (Å²) in [5.41, 5.74) is 0.225. The Bertz CT molecular complexity index is 674. The van der Waals surface area contributed by atoms with E-state index in [-0.39, 0.29) is 18.4 Å². The van der Waals surface area contributed by atoms with Crippen molar-refractivity contribution in [3.05, 3.63) is 65.7 Å². The molecule has 24 heavy (non-hydrogen) atoms. The maximum atomic E-state index is 14.0. The molecule has 0 aliphatic rings. The lowest BCUT2D eigenvalue weighted by molar-refractivity contribution is -0.126. The zero-order chi connectivity index (χ0) is 17.6. The number of nitrogens with one attached hydrogen (secondary N) is 1. The van der Waals surface area contributed by atoms with Crippen molar-refractivity contribution < 1.29 is 14.3 Å². The SMILES string of the molecule is CC(C)(C(=O)NCC(CO)Cc1ccccn1)c1ccccc1F. The Morgan fingerprint density at radius 2 is 1.96 bits per heavy atom. The molecule has 0 spiro atoms. The van der Waals surface area contributed by atoms with Gasteiger partial charge >= 0.3 is 0 Å². The molecule has 0 aliphatic heterocycles. The van der Waals surface area contributed by atoms with Crippen molar-refractivity contribution in [1.29, 1.82) is 0 Å². The van der Waals surface area contributed by atoms with Crippen LogP contribution in [0.1, 0.15) is 25.1 Å². The van der Waals surface area contributed by atoms with Crippen LogP contribution < -0.4 is 5.32 Å². The van der Waals surface area contributed by atoms with Gasteiger partial charge in [0.25, 0.3) is 0 Å². The molecule has 1 unspecified atom stereocenters. The van der Waals surface area contributed by atoms with Crippen LogP contribution in [0.2, 0.25) is 0 Å². The fourth-order valence-electron chi connectivity index (χ4n) is 2.56. The molecular weight excluding hydrogens is 307 g/mol. The van der Waals surface area contributed by atoms with E-state index >= 15 is 0 Å². The number of benzene rings is 1. The second-order valence-electron chi connectivity index (χ2n) is 6.39. The summed E-state index contributed by atoms with van der Waals surface area (Å²) in [4.78, 5) is 16.7. The quantitative estimate of drug-likeness (QED) is 0.820. The molecule has 2 aromatic rings. The van der Waals surface area contributed by atoms with Crippen LogP contribution in [-0.2, 0) is 16.6 Å². The van der Waals surface area contributed by atoms with Gasteiger partial charge in [-0.1, -0.05) is 24.3 Å². The van der Waals surface area contributed by atoms with Gasteiger partial charge in [0.1, 0.15) is 5.82 Å². The smallest absolute Gasteiger partial charge is 0.230 e. The molecule has 1 aromatic heterocycles. The van der Waals surface area contributed by atoms with Crippen LogP contribution in [0.15, 0.2) is 48.7 Å². The van der Waals surface area contributed by atoms with Gasteiger partial charge in [-0.25, -0.2) is 4.39 Å². The number of amides is 1. The monoisotopic (exact) mass is 330 g/mol. The molecule has 0 fully saturated rings. The zero-order valence-corrected chi connectivity index (χ0v) is 14.0. The first-order valence-electron chi connectivity index (χ1n) is 7.99. The highest BCUT2D eigenvalue weighted by Crippen LogP contribution is 2.25. The van der Waals surface area contributed by atoms with Gasteiger partial charge in [0, 0.05) is 36.5 Å². The summed E-state index contributed by atoms with van der Waals surface area (Å²) in [5, 5.41) is 12.4. The molecule has 0 aliphatic carbocycles. The first-order valence-corrected chi connectivity index (χ1v) is 7.99. The van der Waals surface area contributed by atoms with Crippen LogP contribution in [0.4, 0.5) is 4.39 Å². The molecule has 1 aromatic carbocycles. The molecule has 128 valence electrons. The number of aliphatic hydroxyl groups excluding tert-OH is 1. The Morgan fingerprint density at radius 3 is 2.58 bits per heavy atom. The minimum Gasteiger partial charge on any atom is -0.396 e. The van der Waals surface area contributed by atoms with Gasteiger partial charge < -0.3 is 10.4 Å². The van der Waals surface area contributed by atoms with E-state index in [0.29, 0.717) is 18.5 Å². The predicted octanol–water partition coefficient (Wildman–Crippen LogP) is 2.47. The van der Waals surface area contributed by atoms with Gasteiger partial charge in [-0.05, 0) is 38.5 Å². The van der Waals surface area contributed by atoms with Crippen LogP contribution in [0.25, 0.3) is 0 Å². The number of aromatic nitrogens is 1. The van der Waals surface area contributed by atoms with E-state index in [4.69, 9.17) is 0 Å². The number of nitrogens with zero attached hydrogens (tertiary/aromatic N) is 1. The van der Waals surface area contributed by atoms with Gasteiger partial charge in [0.2, 0.25) is 5.91 Å². The lowest BCUT2D eigenvalue weighted by Crippen LogP contribution is -2.43. The normalized spacial score (nSPS) is 12.7. The molecular formula is C19H23FN2O2. The Morgan fingerprint density at radius 1 is 1.25 bits per heavy atom. The van der Waals surface area contributed by atoms with E-state index in [1.54, 1.807) is 38.2 Å². The number of hydrogen-bond donors (Lipinski definition) is 2. The largest absolute Gasteiger partial charge is 0.396 e. The Labute approximate surface area is 141 Å². The first-order chi connectivity index (χ1) is 11.4. The topological polar surface area (TPSA) is 62.2 Å². The number of pyridine rings is 1. The highest BCUT2D eigenvalue weighted by atomic mass is 19.1. The summed E-state index contributed by atoms with van der Waals surface area (Å²) in [6, 6.07) is 11.9. The molecule has 2 rings (SSSR count). The second kappa shape index (κ2) is 8.02. The van der Waals surface area contributed by atoms with Crippen molar-refractivity contribution in [2.24, 2.45) is 5.92 Å². The summed E-state index contributed by atoms with van der Waals surface area (Å²) in [7, 11) is 0. The number of rotatable bonds is 7. The lowest BCUT2D eigenvalue weighted by Gasteiger charge is -2.26. The van der Waals surface area contributed by atoms with E-state index in [1.807, 2.05) is 18.2 Å². The van der Waals surface area contributed by atoms with Crippen LogP contribution in [0.5, 0.6) is 0 Å². The average Bonchev–Trinajstić information content (AvgIpc) is 2.59. The molecule has 5 heteroatoms. The lowest BCUT2D eigenvalue weighted by atomic mass is 9.83. The van der Waals surface area contributed by atoms with Gasteiger partial charge in [-0.3, -0.25) is 9.78 Å². The minimum atomic E-state index is -0.990. The minimum absolute atomic E-state index is 0.0586. The average molecular weight is 330 g/mol. The van der Waals surface area contributed by atoms with E-state index in [1.165, 1.54) is 6.07 Å². The van der Waals surface area contributed by atoms with Crippen LogP contribution in [0.3, 0.4) is 0 Å². The molecule has 1 atom stereocenters.